The molecular formula is C10H6BrNO2S. The number of hydrogen-bond donors (Lipinski definition) is 1. The first kappa shape index (κ1) is 10.3. The smallest absolute Gasteiger partial charge is 0.365 e. The Bertz CT molecular complexity index is 510. The molecular weight excluding hydrogens is 278 g/mol. The summed E-state index contributed by atoms with van der Waals surface area (Å²) >= 11 is 4.58. The highest BCUT2D eigenvalue weighted by Crippen LogP contribution is 2.31. The molecule has 3 nitrogen and oxygen atoms in total. The van der Waals surface area contributed by atoms with Crippen molar-refractivity contribution >= 4 is 33.2 Å². The zero-order valence-corrected chi connectivity index (χ0v) is 9.88. The van der Waals surface area contributed by atoms with Crippen LogP contribution in [0.4, 0.5) is 0 Å². The molecule has 0 unspecified atom stereocenters. The number of benzene rings is 1. The Morgan fingerprint density at radius 1 is 1.40 bits per heavy atom. The van der Waals surface area contributed by atoms with E-state index in [0.717, 1.165) is 14.9 Å². The number of carboxylic acid groups (broad SMARTS) is 1. The van der Waals surface area contributed by atoms with Crippen molar-refractivity contribution in [3.05, 3.63) is 39.9 Å². The number of thiazole rings is 1. The first-order valence-corrected chi connectivity index (χ1v) is 5.73. The van der Waals surface area contributed by atoms with Gasteiger partial charge in [0.15, 0.2) is 0 Å². The van der Waals surface area contributed by atoms with Crippen molar-refractivity contribution in [3.63, 3.8) is 0 Å². The van der Waals surface area contributed by atoms with Gasteiger partial charge in [0.1, 0.15) is 0 Å². The normalized spacial score (nSPS) is 10.2. The highest BCUT2D eigenvalue weighted by Gasteiger charge is 2.11. The molecule has 0 spiro atoms. The average Bonchev–Trinajstić information content (AvgIpc) is 2.67. The fraction of sp³-hybridized carbons (Fsp3) is 0. The number of nitrogens with zero attached hydrogens (tertiary/aromatic N) is 1. The first-order valence-electron chi connectivity index (χ1n) is 4.12. The van der Waals surface area contributed by atoms with E-state index in [4.69, 9.17) is 5.11 Å². The van der Waals surface area contributed by atoms with Crippen LogP contribution in [0, 0.1) is 0 Å². The van der Waals surface area contributed by atoms with Gasteiger partial charge < -0.3 is 5.11 Å². The molecule has 1 N–H and O–H groups in total. The van der Waals surface area contributed by atoms with Crippen molar-refractivity contribution in [2.75, 3.05) is 0 Å². The largest absolute Gasteiger partial charge is 0.476 e. The van der Waals surface area contributed by atoms with E-state index in [0.29, 0.717) is 0 Å². The number of hydrogen-bond acceptors (Lipinski definition) is 3. The van der Waals surface area contributed by atoms with Gasteiger partial charge in [-0.1, -0.05) is 34.1 Å². The van der Waals surface area contributed by atoms with Gasteiger partial charge in [-0.2, -0.15) is 0 Å². The Morgan fingerprint density at radius 2 is 2.13 bits per heavy atom. The topological polar surface area (TPSA) is 50.2 Å². The second-order valence-electron chi connectivity index (χ2n) is 2.81. The molecule has 0 saturated carbocycles. The Balaban J connectivity index is 2.46. The van der Waals surface area contributed by atoms with Gasteiger partial charge in [-0.3, -0.25) is 0 Å². The summed E-state index contributed by atoms with van der Waals surface area (Å²) < 4.78 is 0.936. The van der Waals surface area contributed by atoms with Crippen molar-refractivity contribution in [3.8, 4) is 10.4 Å². The summed E-state index contributed by atoms with van der Waals surface area (Å²) in [6.07, 6.45) is 1.58. The summed E-state index contributed by atoms with van der Waals surface area (Å²) in [6, 6.07) is 7.64. The van der Waals surface area contributed by atoms with Gasteiger partial charge in [0.2, 0.25) is 5.01 Å². The SMILES string of the molecule is O=C(O)c1ncc(-c2ccccc2Br)s1. The van der Waals surface area contributed by atoms with E-state index in [-0.39, 0.29) is 5.01 Å². The predicted molar refractivity (Wildman–Crippen MR) is 62.2 cm³/mol. The molecule has 1 heterocycles. The molecule has 0 aliphatic carbocycles. The summed E-state index contributed by atoms with van der Waals surface area (Å²) in [7, 11) is 0. The summed E-state index contributed by atoms with van der Waals surface area (Å²) in [5.74, 6) is -0.988. The van der Waals surface area contributed by atoms with Crippen LogP contribution in [0.3, 0.4) is 0 Å². The number of rotatable bonds is 2. The maximum atomic E-state index is 10.7. The zero-order chi connectivity index (χ0) is 10.8. The summed E-state index contributed by atoms with van der Waals surface area (Å²) in [4.78, 5) is 15.3. The third kappa shape index (κ3) is 2.08. The maximum Gasteiger partial charge on any atom is 0.365 e. The van der Waals surface area contributed by atoms with Crippen LogP contribution in [0.2, 0.25) is 0 Å². The van der Waals surface area contributed by atoms with E-state index in [1.54, 1.807) is 6.20 Å². The molecule has 0 aliphatic heterocycles. The molecule has 5 heteroatoms. The van der Waals surface area contributed by atoms with Crippen LogP contribution in [0.5, 0.6) is 0 Å². The molecule has 2 aromatic rings. The number of aromatic nitrogens is 1. The molecule has 0 aliphatic rings. The predicted octanol–water partition coefficient (Wildman–Crippen LogP) is 3.27. The highest BCUT2D eigenvalue weighted by molar-refractivity contribution is 9.10. The summed E-state index contributed by atoms with van der Waals surface area (Å²) in [6.45, 7) is 0. The van der Waals surface area contributed by atoms with Crippen molar-refractivity contribution in [1.82, 2.24) is 4.98 Å². The Morgan fingerprint density at radius 3 is 2.73 bits per heavy atom. The molecule has 0 radical (unpaired) electrons. The number of carboxylic acids is 1. The number of aromatic carboxylic acids is 1. The molecule has 0 saturated heterocycles. The third-order valence-corrected chi connectivity index (χ3v) is 3.54. The third-order valence-electron chi connectivity index (χ3n) is 1.83. The average molecular weight is 284 g/mol. The molecule has 0 bridgehead atoms. The quantitative estimate of drug-likeness (QED) is 0.920. The molecule has 0 atom stereocenters. The van der Waals surface area contributed by atoms with E-state index in [9.17, 15) is 4.79 Å². The summed E-state index contributed by atoms with van der Waals surface area (Å²) in [5.41, 5.74) is 0.961. The lowest BCUT2D eigenvalue weighted by Gasteiger charge is -1.98. The van der Waals surface area contributed by atoms with Crippen molar-refractivity contribution in [2.24, 2.45) is 0 Å². The molecule has 0 amide bonds. The maximum absolute atomic E-state index is 10.7. The fourth-order valence-electron chi connectivity index (χ4n) is 1.16. The van der Waals surface area contributed by atoms with Crippen molar-refractivity contribution in [1.29, 1.82) is 0 Å². The van der Waals surface area contributed by atoms with Crippen molar-refractivity contribution < 1.29 is 9.90 Å². The van der Waals surface area contributed by atoms with Gasteiger partial charge >= 0.3 is 5.97 Å². The Kier molecular flexibility index (Phi) is 2.83. The highest BCUT2D eigenvalue weighted by atomic mass is 79.9. The molecule has 76 valence electrons. The van der Waals surface area contributed by atoms with E-state index >= 15 is 0 Å². The Hall–Kier alpha value is -1.20. The lowest BCUT2D eigenvalue weighted by molar-refractivity contribution is 0.0696. The molecule has 1 aromatic carbocycles. The molecule has 15 heavy (non-hydrogen) atoms. The minimum atomic E-state index is -0.988. The van der Waals surface area contributed by atoms with Crippen LogP contribution >= 0.6 is 27.3 Å². The van der Waals surface area contributed by atoms with Gasteiger partial charge in [-0.05, 0) is 6.07 Å². The van der Waals surface area contributed by atoms with Crippen LogP contribution in [-0.4, -0.2) is 16.1 Å². The zero-order valence-electron chi connectivity index (χ0n) is 7.48. The first-order chi connectivity index (χ1) is 7.18. The van der Waals surface area contributed by atoms with E-state index in [1.165, 1.54) is 11.3 Å². The van der Waals surface area contributed by atoms with Gasteiger partial charge in [0, 0.05) is 16.2 Å². The van der Waals surface area contributed by atoms with Crippen LogP contribution in [0.25, 0.3) is 10.4 Å². The summed E-state index contributed by atoms with van der Waals surface area (Å²) in [5, 5.41) is 8.86. The van der Waals surface area contributed by atoms with Crippen LogP contribution in [0.15, 0.2) is 34.9 Å². The van der Waals surface area contributed by atoms with Crippen LogP contribution in [0.1, 0.15) is 9.80 Å². The number of carbonyl (C=O) groups is 1. The van der Waals surface area contributed by atoms with Crippen LogP contribution < -0.4 is 0 Å². The van der Waals surface area contributed by atoms with Gasteiger partial charge in [-0.15, -0.1) is 11.3 Å². The minimum absolute atomic E-state index is 0.112. The second kappa shape index (κ2) is 4.12. The van der Waals surface area contributed by atoms with Gasteiger partial charge in [-0.25, -0.2) is 9.78 Å². The number of halogens is 1. The second-order valence-corrected chi connectivity index (χ2v) is 4.70. The minimum Gasteiger partial charge on any atom is -0.476 e. The fourth-order valence-corrected chi connectivity index (χ4v) is 2.58. The van der Waals surface area contributed by atoms with E-state index < -0.39 is 5.97 Å². The standard InChI is InChI=1S/C10H6BrNO2S/c11-7-4-2-1-3-6(7)8-5-12-9(15-8)10(13)14/h1-5H,(H,13,14). The Labute approximate surface area is 98.5 Å². The lowest BCUT2D eigenvalue weighted by Crippen LogP contribution is -1.92. The van der Waals surface area contributed by atoms with Crippen LogP contribution in [-0.2, 0) is 0 Å². The molecule has 0 fully saturated rings. The van der Waals surface area contributed by atoms with Crippen molar-refractivity contribution in [2.45, 2.75) is 0 Å². The van der Waals surface area contributed by atoms with E-state index in [2.05, 4.69) is 20.9 Å². The molecule has 1 aromatic heterocycles. The lowest BCUT2D eigenvalue weighted by atomic mass is 10.2. The van der Waals surface area contributed by atoms with Gasteiger partial charge in [0.25, 0.3) is 0 Å². The molecule has 2 rings (SSSR count). The van der Waals surface area contributed by atoms with E-state index in [1.807, 2.05) is 24.3 Å². The monoisotopic (exact) mass is 283 g/mol. The van der Waals surface area contributed by atoms with Gasteiger partial charge in [0.05, 0.1) is 4.88 Å².